The van der Waals surface area contributed by atoms with Crippen LogP contribution in [0.25, 0.3) is 0 Å². The van der Waals surface area contributed by atoms with Crippen molar-refractivity contribution in [3.8, 4) is 0 Å². The second kappa shape index (κ2) is 4.62. The third kappa shape index (κ3) is 3.72. The van der Waals surface area contributed by atoms with Crippen LogP contribution in [-0.2, 0) is 0 Å². The molecule has 0 aliphatic heterocycles. The highest BCUT2D eigenvalue weighted by atomic mass is 14.9. The minimum atomic E-state index is 0.767. The largest absolute Gasteiger partial charge is 0.357 e. The maximum atomic E-state index is 3.73. The molecule has 0 heterocycles. The van der Waals surface area contributed by atoms with Crippen LogP contribution in [0.1, 0.15) is 6.92 Å². The van der Waals surface area contributed by atoms with Crippen molar-refractivity contribution in [3.05, 3.63) is 49.4 Å². The summed E-state index contributed by atoms with van der Waals surface area (Å²) in [5.74, 6) is 0. The van der Waals surface area contributed by atoms with E-state index in [4.69, 9.17) is 0 Å². The van der Waals surface area contributed by atoms with Gasteiger partial charge in [0.25, 0.3) is 0 Å². The Kier molecular flexibility index (Phi) is 4.05. The summed E-state index contributed by atoms with van der Waals surface area (Å²) in [6.07, 6.45) is 5.43. The van der Waals surface area contributed by atoms with Gasteiger partial charge in [0.1, 0.15) is 0 Å². The van der Waals surface area contributed by atoms with Gasteiger partial charge >= 0.3 is 0 Å². The van der Waals surface area contributed by atoms with Crippen LogP contribution >= 0.6 is 0 Å². The molecule has 0 aromatic rings. The fourth-order valence-corrected chi connectivity index (χ4v) is 0.500. The zero-order valence-corrected chi connectivity index (χ0v) is 6.35. The van der Waals surface area contributed by atoms with E-state index in [0.29, 0.717) is 0 Å². The fourth-order valence-electron chi connectivity index (χ4n) is 0.500. The molecule has 0 aromatic carbocycles. The highest BCUT2D eigenvalue weighted by molar-refractivity contribution is 5.21. The summed E-state index contributed by atoms with van der Waals surface area (Å²) < 4.78 is 0. The number of nitrogens with one attached hydrogen (secondary N) is 1. The maximum Gasteiger partial charge on any atom is 0.0307 e. The van der Waals surface area contributed by atoms with E-state index < -0.39 is 0 Å². The van der Waals surface area contributed by atoms with E-state index in [1.165, 1.54) is 0 Å². The van der Waals surface area contributed by atoms with E-state index in [9.17, 15) is 0 Å². The third-order valence-electron chi connectivity index (χ3n) is 0.935. The van der Waals surface area contributed by atoms with Gasteiger partial charge in [0.15, 0.2) is 0 Å². The SMILES string of the molecule is C=CC(=C)NC(=C)/C=C\C. The van der Waals surface area contributed by atoms with Crippen LogP contribution in [0, 0.1) is 0 Å². The van der Waals surface area contributed by atoms with Gasteiger partial charge in [0.2, 0.25) is 0 Å². The van der Waals surface area contributed by atoms with Crippen LogP contribution in [0.4, 0.5) is 0 Å². The smallest absolute Gasteiger partial charge is 0.0307 e. The van der Waals surface area contributed by atoms with Crippen LogP contribution in [0.5, 0.6) is 0 Å². The van der Waals surface area contributed by atoms with E-state index >= 15 is 0 Å². The molecule has 1 heteroatoms. The Hall–Kier alpha value is -1.24. The molecule has 0 aliphatic carbocycles. The van der Waals surface area contributed by atoms with Crippen molar-refractivity contribution < 1.29 is 0 Å². The van der Waals surface area contributed by atoms with Crippen molar-refractivity contribution in [2.24, 2.45) is 0 Å². The van der Waals surface area contributed by atoms with Gasteiger partial charge in [-0.05, 0) is 19.1 Å². The molecular formula is C9H13N. The summed E-state index contributed by atoms with van der Waals surface area (Å²) in [6.45, 7) is 12.9. The van der Waals surface area contributed by atoms with Crippen molar-refractivity contribution in [1.29, 1.82) is 0 Å². The lowest BCUT2D eigenvalue weighted by molar-refractivity contribution is 1.06. The highest BCUT2D eigenvalue weighted by Crippen LogP contribution is 1.92. The molecule has 0 bridgehead atoms. The quantitative estimate of drug-likeness (QED) is 0.583. The molecule has 0 spiro atoms. The molecule has 0 atom stereocenters. The summed E-state index contributed by atoms with van der Waals surface area (Å²) in [6, 6.07) is 0. The molecule has 1 nitrogen and oxygen atoms in total. The van der Waals surface area contributed by atoms with Crippen molar-refractivity contribution in [3.63, 3.8) is 0 Å². The topological polar surface area (TPSA) is 12.0 Å². The predicted molar refractivity (Wildman–Crippen MR) is 46.4 cm³/mol. The maximum absolute atomic E-state index is 3.73. The Bertz CT molecular complexity index is 175. The molecule has 0 aromatic heterocycles. The summed E-state index contributed by atoms with van der Waals surface area (Å²) in [5, 5.41) is 2.94. The fraction of sp³-hybridized carbons (Fsp3) is 0.111. The number of rotatable bonds is 4. The summed E-state index contributed by atoms with van der Waals surface area (Å²) >= 11 is 0. The minimum Gasteiger partial charge on any atom is -0.357 e. The Morgan fingerprint density at radius 3 is 2.30 bits per heavy atom. The van der Waals surface area contributed by atoms with Crippen molar-refractivity contribution in [2.45, 2.75) is 6.92 Å². The van der Waals surface area contributed by atoms with E-state index in [0.717, 1.165) is 11.4 Å². The second-order valence-corrected chi connectivity index (χ2v) is 1.88. The lowest BCUT2D eigenvalue weighted by Gasteiger charge is -2.02. The molecular weight excluding hydrogens is 122 g/mol. The summed E-state index contributed by atoms with van der Waals surface area (Å²) in [4.78, 5) is 0. The van der Waals surface area contributed by atoms with Crippen molar-refractivity contribution >= 4 is 0 Å². The van der Waals surface area contributed by atoms with Crippen LogP contribution in [0.3, 0.4) is 0 Å². The molecule has 54 valence electrons. The molecule has 0 unspecified atom stereocenters. The van der Waals surface area contributed by atoms with E-state index in [2.05, 4.69) is 25.1 Å². The zero-order chi connectivity index (χ0) is 7.98. The first-order valence-corrected chi connectivity index (χ1v) is 3.10. The predicted octanol–water partition coefficient (Wildman–Crippen LogP) is 2.37. The first-order valence-electron chi connectivity index (χ1n) is 3.10. The van der Waals surface area contributed by atoms with Crippen LogP contribution in [0.2, 0.25) is 0 Å². The Morgan fingerprint density at radius 1 is 1.30 bits per heavy atom. The number of hydrogen-bond acceptors (Lipinski definition) is 1. The first-order chi connectivity index (χ1) is 4.70. The molecule has 0 fully saturated rings. The average molecular weight is 135 g/mol. The van der Waals surface area contributed by atoms with Gasteiger partial charge in [-0.2, -0.15) is 0 Å². The van der Waals surface area contributed by atoms with Crippen LogP contribution in [0.15, 0.2) is 49.4 Å². The third-order valence-corrected chi connectivity index (χ3v) is 0.935. The van der Waals surface area contributed by atoms with Gasteiger partial charge in [-0.25, -0.2) is 0 Å². The summed E-state index contributed by atoms with van der Waals surface area (Å²) in [5.41, 5.74) is 1.59. The molecule has 0 rings (SSSR count). The normalized spacial score (nSPS) is 9.30. The van der Waals surface area contributed by atoms with Gasteiger partial charge in [0.05, 0.1) is 0 Å². The molecule has 0 saturated heterocycles. The molecule has 0 saturated carbocycles. The van der Waals surface area contributed by atoms with Gasteiger partial charge < -0.3 is 5.32 Å². The first kappa shape index (κ1) is 8.76. The molecule has 0 aliphatic rings. The van der Waals surface area contributed by atoms with Gasteiger partial charge in [-0.3, -0.25) is 0 Å². The number of allylic oxidation sites excluding steroid dienone is 3. The molecule has 0 amide bonds. The van der Waals surface area contributed by atoms with Gasteiger partial charge in [0, 0.05) is 11.4 Å². The van der Waals surface area contributed by atoms with Gasteiger partial charge in [-0.1, -0.05) is 25.8 Å². The monoisotopic (exact) mass is 135 g/mol. The Balaban J connectivity index is 3.79. The van der Waals surface area contributed by atoms with Crippen molar-refractivity contribution in [2.75, 3.05) is 0 Å². The van der Waals surface area contributed by atoms with E-state index in [1.54, 1.807) is 6.08 Å². The Labute approximate surface area is 62.5 Å². The summed E-state index contributed by atoms with van der Waals surface area (Å²) in [7, 11) is 0. The molecule has 0 radical (unpaired) electrons. The second-order valence-electron chi connectivity index (χ2n) is 1.88. The van der Waals surface area contributed by atoms with Crippen LogP contribution < -0.4 is 5.32 Å². The van der Waals surface area contributed by atoms with Crippen LogP contribution in [-0.4, -0.2) is 0 Å². The molecule has 1 N–H and O–H groups in total. The minimum absolute atomic E-state index is 0.767. The van der Waals surface area contributed by atoms with E-state index in [-0.39, 0.29) is 0 Å². The molecule has 10 heavy (non-hydrogen) atoms. The van der Waals surface area contributed by atoms with Crippen molar-refractivity contribution in [1.82, 2.24) is 5.32 Å². The standard InChI is InChI=1S/C9H13N/c1-5-7-9(4)10-8(3)6-2/h5-7,10H,2-4H2,1H3/b7-5-. The number of hydrogen-bond donors (Lipinski definition) is 1. The van der Waals surface area contributed by atoms with Gasteiger partial charge in [-0.15, -0.1) is 0 Å². The average Bonchev–Trinajstić information content (AvgIpc) is 1.88. The Morgan fingerprint density at radius 2 is 1.90 bits per heavy atom. The van der Waals surface area contributed by atoms with E-state index in [1.807, 2.05) is 19.1 Å². The lowest BCUT2D eigenvalue weighted by Crippen LogP contribution is -2.06. The zero-order valence-electron chi connectivity index (χ0n) is 6.35. The highest BCUT2D eigenvalue weighted by Gasteiger charge is 1.84. The lowest BCUT2D eigenvalue weighted by atomic mass is 10.4.